The van der Waals surface area contributed by atoms with Crippen molar-refractivity contribution >= 4 is 25.8 Å². The van der Waals surface area contributed by atoms with Gasteiger partial charge < -0.3 is 4.74 Å². The maximum atomic E-state index is 13.1. The SMILES string of the molecule is CCOC(=O)Cn1ncc2c1CCCC2NS(=O)(=O)c1ccc(-c2cccc(S(C)(=O)=O)c2)cc1. The standard InChI is InChI=1S/C24H27N3O6S2/c1-3-33-24(28)16-27-23-9-5-8-22(21(23)15-25-27)26-35(31,32)19-12-10-17(11-13-19)18-6-4-7-20(14-18)34(2,29)30/h4,6-7,10-15,22,26H,3,5,8-9,16H2,1-2H3. The normalized spacial score (nSPS) is 16.0. The Bertz CT molecular complexity index is 1440. The summed E-state index contributed by atoms with van der Waals surface area (Å²) in [7, 11) is -7.18. The summed E-state index contributed by atoms with van der Waals surface area (Å²) in [6.45, 7) is 2.01. The number of nitrogens with zero attached hydrogens (tertiary/aromatic N) is 2. The van der Waals surface area contributed by atoms with Crippen molar-refractivity contribution in [1.82, 2.24) is 14.5 Å². The number of nitrogens with one attached hydrogen (secondary N) is 1. The van der Waals surface area contributed by atoms with E-state index in [9.17, 15) is 21.6 Å². The molecule has 9 nitrogen and oxygen atoms in total. The number of sulfonamides is 1. The van der Waals surface area contributed by atoms with E-state index in [-0.39, 0.29) is 28.9 Å². The first-order chi connectivity index (χ1) is 16.6. The van der Waals surface area contributed by atoms with Crippen molar-refractivity contribution in [3.63, 3.8) is 0 Å². The van der Waals surface area contributed by atoms with Crippen LogP contribution < -0.4 is 4.72 Å². The maximum absolute atomic E-state index is 13.1. The van der Waals surface area contributed by atoms with E-state index in [1.807, 2.05) is 0 Å². The lowest BCUT2D eigenvalue weighted by atomic mass is 9.94. The second-order valence-corrected chi connectivity index (χ2v) is 12.1. The summed E-state index contributed by atoms with van der Waals surface area (Å²) in [4.78, 5) is 12.2. The number of aromatic nitrogens is 2. The summed E-state index contributed by atoms with van der Waals surface area (Å²) in [5.74, 6) is -0.386. The van der Waals surface area contributed by atoms with Crippen molar-refractivity contribution in [3.8, 4) is 11.1 Å². The van der Waals surface area contributed by atoms with Crippen molar-refractivity contribution in [2.45, 2.75) is 48.6 Å². The molecular formula is C24H27N3O6S2. The summed E-state index contributed by atoms with van der Waals surface area (Å²) < 4.78 is 59.3. The number of ether oxygens (including phenoxy) is 1. The van der Waals surface area contributed by atoms with Gasteiger partial charge in [0, 0.05) is 17.5 Å². The van der Waals surface area contributed by atoms with Crippen LogP contribution in [0.2, 0.25) is 0 Å². The molecule has 0 amide bonds. The summed E-state index contributed by atoms with van der Waals surface area (Å²) in [6, 6.07) is 12.4. The van der Waals surface area contributed by atoms with E-state index in [0.29, 0.717) is 24.0 Å². The van der Waals surface area contributed by atoms with Gasteiger partial charge in [-0.3, -0.25) is 9.48 Å². The molecule has 1 aliphatic carbocycles. The molecule has 0 saturated heterocycles. The molecule has 3 aromatic rings. The first kappa shape index (κ1) is 25.1. The molecule has 0 radical (unpaired) electrons. The molecule has 0 bridgehead atoms. The maximum Gasteiger partial charge on any atom is 0.327 e. The van der Waals surface area contributed by atoms with Crippen LogP contribution in [0.5, 0.6) is 0 Å². The molecule has 1 atom stereocenters. The molecule has 0 saturated carbocycles. The van der Waals surface area contributed by atoms with Gasteiger partial charge in [-0.1, -0.05) is 24.3 Å². The molecule has 2 aromatic carbocycles. The Morgan fingerprint density at radius 3 is 2.51 bits per heavy atom. The zero-order valence-corrected chi connectivity index (χ0v) is 21.1. The minimum Gasteiger partial charge on any atom is -0.465 e. The Morgan fingerprint density at radius 1 is 1.09 bits per heavy atom. The lowest BCUT2D eigenvalue weighted by molar-refractivity contribution is -0.144. The third-order valence-corrected chi connectivity index (χ3v) is 8.50. The Labute approximate surface area is 205 Å². The van der Waals surface area contributed by atoms with Crippen LogP contribution in [0.15, 0.2) is 64.5 Å². The number of carbonyl (C=O) groups excluding carboxylic acids is 1. The fraction of sp³-hybridized carbons (Fsp3) is 0.333. The van der Waals surface area contributed by atoms with Gasteiger partial charge in [-0.25, -0.2) is 21.6 Å². The molecule has 4 rings (SSSR count). The number of fused-ring (bicyclic) bond motifs is 1. The molecule has 1 heterocycles. The number of carbonyl (C=O) groups is 1. The Kier molecular flexibility index (Phi) is 7.11. The number of esters is 1. The quantitative estimate of drug-likeness (QED) is 0.456. The van der Waals surface area contributed by atoms with Crippen LogP contribution in [-0.2, 0) is 42.4 Å². The second-order valence-electron chi connectivity index (χ2n) is 8.40. The predicted octanol–water partition coefficient (Wildman–Crippen LogP) is 2.87. The van der Waals surface area contributed by atoms with Crippen LogP contribution in [0.3, 0.4) is 0 Å². The number of benzene rings is 2. The lowest BCUT2D eigenvalue weighted by Crippen LogP contribution is -2.31. The third kappa shape index (κ3) is 5.63. The fourth-order valence-electron chi connectivity index (χ4n) is 4.19. The van der Waals surface area contributed by atoms with Gasteiger partial charge in [0.25, 0.3) is 0 Å². The van der Waals surface area contributed by atoms with Gasteiger partial charge in [-0.05, 0) is 61.6 Å². The van der Waals surface area contributed by atoms with Gasteiger partial charge in [0.05, 0.1) is 28.6 Å². The van der Waals surface area contributed by atoms with E-state index < -0.39 is 25.9 Å². The molecule has 1 N–H and O–H groups in total. The van der Waals surface area contributed by atoms with Crippen molar-refractivity contribution in [3.05, 3.63) is 66.0 Å². The van der Waals surface area contributed by atoms with Gasteiger partial charge in [0.15, 0.2) is 9.84 Å². The Morgan fingerprint density at radius 2 is 1.83 bits per heavy atom. The van der Waals surface area contributed by atoms with Gasteiger partial charge in [0.2, 0.25) is 10.0 Å². The predicted molar refractivity (Wildman–Crippen MR) is 130 cm³/mol. The second kappa shape index (κ2) is 9.92. The highest BCUT2D eigenvalue weighted by molar-refractivity contribution is 7.90. The van der Waals surface area contributed by atoms with Crippen LogP contribution in [0.1, 0.15) is 37.1 Å². The van der Waals surface area contributed by atoms with Crippen LogP contribution in [-0.4, -0.2) is 45.4 Å². The first-order valence-corrected chi connectivity index (χ1v) is 14.6. The topological polar surface area (TPSA) is 124 Å². The smallest absolute Gasteiger partial charge is 0.327 e. The van der Waals surface area contributed by atoms with Crippen molar-refractivity contribution in [1.29, 1.82) is 0 Å². The average Bonchev–Trinajstić information content (AvgIpc) is 3.22. The molecule has 1 unspecified atom stereocenters. The van der Waals surface area contributed by atoms with Crippen molar-refractivity contribution in [2.75, 3.05) is 12.9 Å². The van der Waals surface area contributed by atoms with Crippen molar-refractivity contribution in [2.24, 2.45) is 0 Å². The summed E-state index contributed by atoms with van der Waals surface area (Å²) >= 11 is 0. The van der Waals surface area contributed by atoms with E-state index in [1.165, 1.54) is 18.2 Å². The van der Waals surface area contributed by atoms with Gasteiger partial charge in [0.1, 0.15) is 6.54 Å². The minimum absolute atomic E-state index is 0.00929. The number of sulfone groups is 1. The van der Waals surface area contributed by atoms with Crippen LogP contribution >= 0.6 is 0 Å². The molecule has 1 aliphatic rings. The largest absolute Gasteiger partial charge is 0.465 e. The van der Waals surface area contributed by atoms with E-state index in [2.05, 4.69) is 9.82 Å². The van der Waals surface area contributed by atoms with E-state index in [4.69, 9.17) is 4.74 Å². The number of rotatable bonds is 8. The van der Waals surface area contributed by atoms with Gasteiger partial charge in [-0.15, -0.1) is 0 Å². The summed E-state index contributed by atoms with van der Waals surface area (Å²) in [5, 5.41) is 4.28. The lowest BCUT2D eigenvalue weighted by Gasteiger charge is -2.24. The van der Waals surface area contributed by atoms with Gasteiger partial charge >= 0.3 is 5.97 Å². The van der Waals surface area contributed by atoms with E-state index in [1.54, 1.807) is 48.1 Å². The highest BCUT2D eigenvalue weighted by Gasteiger charge is 2.29. The van der Waals surface area contributed by atoms with E-state index in [0.717, 1.165) is 23.9 Å². The molecular weight excluding hydrogens is 490 g/mol. The monoisotopic (exact) mass is 517 g/mol. The fourth-order valence-corrected chi connectivity index (χ4v) is 6.11. The average molecular weight is 518 g/mol. The molecule has 35 heavy (non-hydrogen) atoms. The van der Waals surface area contributed by atoms with Crippen LogP contribution in [0.25, 0.3) is 11.1 Å². The first-order valence-electron chi connectivity index (χ1n) is 11.2. The van der Waals surface area contributed by atoms with Crippen LogP contribution in [0.4, 0.5) is 0 Å². The van der Waals surface area contributed by atoms with Crippen molar-refractivity contribution < 1.29 is 26.4 Å². The molecule has 0 fully saturated rings. The summed E-state index contributed by atoms with van der Waals surface area (Å²) in [5.41, 5.74) is 2.97. The molecule has 11 heteroatoms. The van der Waals surface area contributed by atoms with E-state index >= 15 is 0 Å². The summed E-state index contributed by atoms with van der Waals surface area (Å²) in [6.07, 6.45) is 4.83. The third-order valence-electron chi connectivity index (χ3n) is 5.90. The Balaban J connectivity index is 1.53. The van der Waals surface area contributed by atoms with Gasteiger partial charge in [-0.2, -0.15) is 5.10 Å². The number of hydrogen-bond acceptors (Lipinski definition) is 7. The molecule has 186 valence electrons. The zero-order valence-electron chi connectivity index (χ0n) is 19.5. The molecule has 0 aliphatic heterocycles. The highest BCUT2D eigenvalue weighted by atomic mass is 32.2. The molecule has 1 aromatic heterocycles. The highest BCUT2D eigenvalue weighted by Crippen LogP contribution is 2.31. The van der Waals surface area contributed by atoms with Crippen LogP contribution in [0, 0.1) is 0 Å². The minimum atomic E-state index is -3.83. The zero-order chi connectivity index (χ0) is 25.2. The Hall–Kier alpha value is -3.02. The molecule has 0 spiro atoms. The number of hydrogen-bond donors (Lipinski definition) is 1.